The third kappa shape index (κ3) is 3.21. The van der Waals surface area contributed by atoms with Gasteiger partial charge in [-0.15, -0.1) is 0 Å². The fourth-order valence-electron chi connectivity index (χ4n) is 2.49. The van der Waals surface area contributed by atoms with Crippen molar-refractivity contribution in [2.45, 2.75) is 20.5 Å². The summed E-state index contributed by atoms with van der Waals surface area (Å²) >= 11 is 2.09. The first-order valence-electron chi connectivity index (χ1n) is 7.42. The number of carbonyl (C=O) groups excluding carboxylic acids is 1. The predicted molar refractivity (Wildman–Crippen MR) is 100 cm³/mol. The van der Waals surface area contributed by atoms with Crippen molar-refractivity contribution in [1.29, 1.82) is 0 Å². The summed E-state index contributed by atoms with van der Waals surface area (Å²) in [5.74, 6) is -0.412. The number of benzene rings is 2. The van der Waals surface area contributed by atoms with Crippen LogP contribution in [0.15, 0.2) is 51.7 Å². The molecular weight excluding hydrogens is 419 g/mol. The van der Waals surface area contributed by atoms with Crippen molar-refractivity contribution in [3.63, 3.8) is 0 Å². The number of carbonyl (C=O) groups is 1. The molecular formula is C19H15IO4. The number of aryl methyl sites for hydroxylation is 2. The molecule has 24 heavy (non-hydrogen) atoms. The molecule has 3 rings (SSSR count). The second kappa shape index (κ2) is 6.76. The Kier molecular flexibility index (Phi) is 4.71. The molecule has 0 atom stereocenters. The number of rotatable bonds is 3. The SMILES string of the molecule is Cc1ccc2c(COC(=O)c3ccccc3I)cc(=O)oc2c1C. The third-order valence-corrected chi connectivity index (χ3v) is 4.91. The monoisotopic (exact) mass is 434 g/mol. The van der Waals surface area contributed by atoms with E-state index in [0.717, 1.165) is 20.1 Å². The Hall–Kier alpha value is -2.15. The Morgan fingerprint density at radius 2 is 1.92 bits per heavy atom. The van der Waals surface area contributed by atoms with E-state index in [1.807, 2.05) is 38.1 Å². The molecule has 3 aromatic rings. The maximum absolute atomic E-state index is 12.3. The van der Waals surface area contributed by atoms with Gasteiger partial charge < -0.3 is 9.15 Å². The van der Waals surface area contributed by atoms with E-state index in [-0.39, 0.29) is 6.61 Å². The van der Waals surface area contributed by atoms with E-state index in [1.165, 1.54) is 6.07 Å². The second-order valence-electron chi connectivity index (χ2n) is 5.53. The molecule has 2 aromatic carbocycles. The fraction of sp³-hybridized carbons (Fsp3) is 0.158. The molecule has 1 aromatic heterocycles. The molecule has 0 saturated carbocycles. The molecule has 0 radical (unpaired) electrons. The maximum atomic E-state index is 12.3. The van der Waals surface area contributed by atoms with Gasteiger partial charge in [0.2, 0.25) is 0 Å². The van der Waals surface area contributed by atoms with Gasteiger partial charge in [-0.25, -0.2) is 9.59 Å². The van der Waals surface area contributed by atoms with Crippen molar-refractivity contribution < 1.29 is 13.9 Å². The van der Waals surface area contributed by atoms with Gasteiger partial charge in [0.1, 0.15) is 12.2 Å². The smallest absolute Gasteiger partial charge is 0.339 e. The normalized spacial score (nSPS) is 10.8. The highest BCUT2D eigenvalue weighted by molar-refractivity contribution is 14.1. The molecule has 0 saturated heterocycles. The number of esters is 1. The maximum Gasteiger partial charge on any atom is 0.339 e. The van der Waals surface area contributed by atoms with E-state index in [0.29, 0.717) is 16.7 Å². The molecule has 5 heteroatoms. The molecule has 0 fully saturated rings. The quantitative estimate of drug-likeness (QED) is 0.349. The van der Waals surface area contributed by atoms with Crippen molar-refractivity contribution in [1.82, 2.24) is 0 Å². The Balaban J connectivity index is 1.94. The first kappa shape index (κ1) is 16.7. The summed E-state index contributed by atoms with van der Waals surface area (Å²) in [6.45, 7) is 3.88. The number of fused-ring (bicyclic) bond motifs is 1. The summed E-state index contributed by atoms with van der Waals surface area (Å²) in [5.41, 5.74) is 3.20. The number of halogens is 1. The van der Waals surface area contributed by atoms with E-state index in [2.05, 4.69) is 22.6 Å². The van der Waals surface area contributed by atoms with Crippen LogP contribution in [0.4, 0.5) is 0 Å². The first-order valence-corrected chi connectivity index (χ1v) is 8.50. The van der Waals surface area contributed by atoms with Gasteiger partial charge in [-0.3, -0.25) is 0 Å². The van der Waals surface area contributed by atoms with Crippen LogP contribution >= 0.6 is 22.6 Å². The molecule has 0 aliphatic heterocycles. The van der Waals surface area contributed by atoms with E-state index in [4.69, 9.17) is 9.15 Å². The van der Waals surface area contributed by atoms with Crippen LogP contribution in [-0.4, -0.2) is 5.97 Å². The van der Waals surface area contributed by atoms with Gasteiger partial charge in [0.25, 0.3) is 0 Å². The van der Waals surface area contributed by atoms with Crippen LogP contribution in [0.1, 0.15) is 27.0 Å². The van der Waals surface area contributed by atoms with Gasteiger partial charge in [0.05, 0.1) is 5.56 Å². The van der Waals surface area contributed by atoms with Gasteiger partial charge >= 0.3 is 11.6 Å². The van der Waals surface area contributed by atoms with E-state index in [9.17, 15) is 9.59 Å². The molecule has 0 N–H and O–H groups in total. The van der Waals surface area contributed by atoms with Gasteiger partial charge in [-0.2, -0.15) is 0 Å². The summed E-state index contributed by atoms with van der Waals surface area (Å²) in [4.78, 5) is 24.1. The minimum absolute atomic E-state index is 0.0222. The number of hydrogen-bond donors (Lipinski definition) is 0. The summed E-state index contributed by atoms with van der Waals surface area (Å²) < 4.78 is 11.6. The Morgan fingerprint density at radius 3 is 2.67 bits per heavy atom. The van der Waals surface area contributed by atoms with E-state index >= 15 is 0 Å². The van der Waals surface area contributed by atoms with Crippen LogP contribution in [0.2, 0.25) is 0 Å². The first-order chi connectivity index (χ1) is 11.5. The van der Waals surface area contributed by atoms with Crippen LogP contribution < -0.4 is 5.63 Å². The predicted octanol–water partition coefficient (Wildman–Crippen LogP) is 4.37. The topological polar surface area (TPSA) is 56.5 Å². The summed E-state index contributed by atoms with van der Waals surface area (Å²) in [6.07, 6.45) is 0. The fourth-order valence-corrected chi connectivity index (χ4v) is 3.10. The highest BCUT2D eigenvalue weighted by Crippen LogP contribution is 2.24. The lowest BCUT2D eigenvalue weighted by atomic mass is 10.0. The molecule has 0 aliphatic rings. The molecule has 4 nitrogen and oxygen atoms in total. The highest BCUT2D eigenvalue weighted by Gasteiger charge is 2.14. The lowest BCUT2D eigenvalue weighted by Gasteiger charge is -2.10. The van der Waals surface area contributed by atoms with Crippen LogP contribution in [0.5, 0.6) is 0 Å². The summed E-state index contributed by atoms with van der Waals surface area (Å²) in [6, 6.07) is 12.4. The number of ether oxygens (including phenoxy) is 1. The van der Waals surface area contributed by atoms with E-state index < -0.39 is 11.6 Å². The minimum Gasteiger partial charge on any atom is -0.457 e. The molecule has 122 valence electrons. The zero-order valence-electron chi connectivity index (χ0n) is 13.3. The van der Waals surface area contributed by atoms with Crippen LogP contribution in [-0.2, 0) is 11.3 Å². The van der Waals surface area contributed by atoms with Crippen molar-refractivity contribution in [3.05, 3.63) is 78.7 Å². The minimum atomic E-state index is -0.448. The highest BCUT2D eigenvalue weighted by atomic mass is 127. The van der Waals surface area contributed by atoms with Crippen molar-refractivity contribution in [2.24, 2.45) is 0 Å². The van der Waals surface area contributed by atoms with Crippen LogP contribution in [0.3, 0.4) is 0 Å². The van der Waals surface area contributed by atoms with Gasteiger partial charge in [0.15, 0.2) is 0 Å². The number of hydrogen-bond acceptors (Lipinski definition) is 4. The molecule has 0 amide bonds. The lowest BCUT2D eigenvalue weighted by Crippen LogP contribution is -2.09. The Labute approximate surface area is 152 Å². The van der Waals surface area contributed by atoms with Crippen molar-refractivity contribution in [2.75, 3.05) is 0 Å². The van der Waals surface area contributed by atoms with E-state index in [1.54, 1.807) is 12.1 Å². The Morgan fingerprint density at radius 1 is 1.17 bits per heavy atom. The standard InChI is InChI=1S/C19H15IO4/c1-11-7-8-14-13(9-17(21)24-18(14)12(11)2)10-23-19(22)15-5-3-4-6-16(15)20/h3-9H,10H2,1-2H3. The molecule has 0 aliphatic carbocycles. The Bertz CT molecular complexity index is 988. The largest absolute Gasteiger partial charge is 0.457 e. The average molecular weight is 434 g/mol. The average Bonchev–Trinajstić information content (AvgIpc) is 2.56. The third-order valence-electron chi connectivity index (χ3n) is 3.97. The molecule has 0 bridgehead atoms. The summed E-state index contributed by atoms with van der Waals surface area (Å²) in [5, 5.41) is 0.785. The van der Waals surface area contributed by atoms with Crippen LogP contribution in [0, 0.1) is 17.4 Å². The molecule has 0 unspecified atom stereocenters. The molecule has 0 spiro atoms. The van der Waals surface area contributed by atoms with Gasteiger partial charge in [-0.1, -0.05) is 24.3 Å². The van der Waals surface area contributed by atoms with Crippen LogP contribution in [0.25, 0.3) is 11.0 Å². The second-order valence-corrected chi connectivity index (χ2v) is 6.69. The zero-order chi connectivity index (χ0) is 17.3. The summed E-state index contributed by atoms with van der Waals surface area (Å²) in [7, 11) is 0. The zero-order valence-corrected chi connectivity index (χ0v) is 15.4. The van der Waals surface area contributed by atoms with Gasteiger partial charge in [0, 0.05) is 20.6 Å². The lowest BCUT2D eigenvalue weighted by molar-refractivity contribution is 0.0472. The van der Waals surface area contributed by atoms with Gasteiger partial charge in [-0.05, 0) is 59.7 Å². The van der Waals surface area contributed by atoms with Crippen molar-refractivity contribution >= 4 is 39.5 Å². The molecule has 1 heterocycles. The van der Waals surface area contributed by atoms with Crippen molar-refractivity contribution in [3.8, 4) is 0 Å².